The van der Waals surface area contributed by atoms with Gasteiger partial charge in [0.2, 0.25) is 10.0 Å². The van der Waals surface area contributed by atoms with Crippen LogP contribution in [0.25, 0.3) is 0 Å². The van der Waals surface area contributed by atoms with Crippen molar-refractivity contribution in [1.82, 2.24) is 9.71 Å². The van der Waals surface area contributed by atoms with Gasteiger partial charge in [0.05, 0.1) is 5.60 Å². The molecule has 0 amide bonds. The largest absolute Gasteiger partial charge is 0.384 e. The van der Waals surface area contributed by atoms with Crippen LogP contribution < -0.4 is 10.5 Å². The molecule has 1 aliphatic heterocycles. The Labute approximate surface area is 126 Å². The van der Waals surface area contributed by atoms with Gasteiger partial charge in [0.25, 0.3) is 0 Å². The lowest BCUT2D eigenvalue weighted by atomic mass is 9.86. The van der Waals surface area contributed by atoms with Crippen molar-refractivity contribution in [1.29, 1.82) is 0 Å². The molecule has 0 aromatic carbocycles. The topological polar surface area (TPSA) is 94.3 Å². The maximum Gasteiger partial charge on any atom is 0.242 e. The van der Waals surface area contributed by atoms with Crippen LogP contribution in [0.1, 0.15) is 39.5 Å². The fraction of sp³-hybridized carbons (Fsp3) is 0.643. The monoisotopic (exact) mass is 313 g/mol. The Morgan fingerprint density at radius 2 is 2.14 bits per heavy atom. The zero-order valence-corrected chi connectivity index (χ0v) is 13.3. The second-order valence-corrected chi connectivity index (χ2v) is 7.18. The number of nitrogens with two attached hydrogens (primary N) is 1. The summed E-state index contributed by atoms with van der Waals surface area (Å²) in [5.74, 6) is 0.302. The Morgan fingerprint density at radius 3 is 2.71 bits per heavy atom. The van der Waals surface area contributed by atoms with Crippen molar-refractivity contribution < 1.29 is 13.2 Å². The summed E-state index contributed by atoms with van der Waals surface area (Å²) in [6, 6.07) is 2.85. The number of ether oxygens (including phenoxy) is 1. The summed E-state index contributed by atoms with van der Waals surface area (Å²) in [6.45, 7) is 4.73. The van der Waals surface area contributed by atoms with E-state index in [1.54, 1.807) is 0 Å². The third-order valence-corrected chi connectivity index (χ3v) is 5.68. The minimum absolute atomic E-state index is 0.110. The summed E-state index contributed by atoms with van der Waals surface area (Å²) in [5.41, 5.74) is 5.27. The minimum Gasteiger partial charge on any atom is -0.384 e. The third-order valence-electron chi connectivity index (χ3n) is 4.17. The van der Waals surface area contributed by atoms with E-state index in [-0.39, 0.29) is 16.5 Å². The standard InChI is InChI=1S/C14H23N3O3S/c1-3-14(4-2)9-11(7-8-20-14)17-21(18,19)12-5-6-13(15)16-10-12/h5-6,10-11,17H,3-4,7-9H2,1-2H3,(H2,15,16). The van der Waals surface area contributed by atoms with Crippen LogP contribution in [0.5, 0.6) is 0 Å². The molecule has 1 aromatic heterocycles. The number of nitrogens with one attached hydrogen (secondary N) is 1. The zero-order chi connectivity index (χ0) is 15.5. The Balaban J connectivity index is 2.11. The first-order chi connectivity index (χ1) is 9.91. The maximum atomic E-state index is 12.4. The summed E-state index contributed by atoms with van der Waals surface area (Å²) < 4.78 is 33.4. The van der Waals surface area contributed by atoms with Gasteiger partial charge in [0.15, 0.2) is 0 Å². The number of pyridine rings is 1. The number of nitrogens with zero attached hydrogens (tertiary/aromatic N) is 1. The van der Waals surface area contributed by atoms with E-state index >= 15 is 0 Å². The normalized spacial score (nSPS) is 22.1. The Kier molecular flexibility index (Phi) is 4.85. The highest BCUT2D eigenvalue weighted by atomic mass is 32.2. The van der Waals surface area contributed by atoms with Gasteiger partial charge in [0.1, 0.15) is 10.7 Å². The van der Waals surface area contributed by atoms with Crippen molar-refractivity contribution >= 4 is 15.8 Å². The smallest absolute Gasteiger partial charge is 0.242 e. The van der Waals surface area contributed by atoms with Crippen LogP contribution in [0.2, 0.25) is 0 Å². The summed E-state index contributed by atoms with van der Waals surface area (Å²) in [7, 11) is -3.57. The van der Waals surface area contributed by atoms with Gasteiger partial charge in [-0.3, -0.25) is 0 Å². The van der Waals surface area contributed by atoms with E-state index in [1.165, 1.54) is 18.3 Å². The van der Waals surface area contributed by atoms with Crippen molar-refractivity contribution in [2.75, 3.05) is 12.3 Å². The molecule has 3 N–H and O–H groups in total. The first-order valence-electron chi connectivity index (χ1n) is 7.28. The molecule has 118 valence electrons. The second kappa shape index (κ2) is 6.29. The van der Waals surface area contributed by atoms with E-state index in [1.807, 2.05) is 0 Å². The van der Waals surface area contributed by atoms with Crippen molar-refractivity contribution in [3.8, 4) is 0 Å². The first-order valence-corrected chi connectivity index (χ1v) is 8.77. The predicted octanol–water partition coefficient (Wildman–Crippen LogP) is 1.68. The van der Waals surface area contributed by atoms with E-state index in [9.17, 15) is 8.42 Å². The van der Waals surface area contributed by atoms with Gasteiger partial charge in [0, 0.05) is 18.8 Å². The third kappa shape index (κ3) is 3.72. The molecule has 6 nitrogen and oxygen atoms in total. The molecule has 0 saturated carbocycles. The van der Waals surface area contributed by atoms with Gasteiger partial charge in [-0.15, -0.1) is 0 Å². The van der Waals surface area contributed by atoms with E-state index in [0.29, 0.717) is 25.3 Å². The van der Waals surface area contributed by atoms with Gasteiger partial charge < -0.3 is 10.5 Å². The Hall–Kier alpha value is -1.18. The summed E-state index contributed by atoms with van der Waals surface area (Å²) in [5, 5.41) is 0. The first kappa shape index (κ1) is 16.2. The molecule has 1 aliphatic rings. The SMILES string of the molecule is CCC1(CC)CC(NS(=O)(=O)c2ccc(N)nc2)CCO1. The van der Waals surface area contributed by atoms with Crippen LogP contribution >= 0.6 is 0 Å². The van der Waals surface area contributed by atoms with Crippen molar-refractivity contribution in [2.45, 2.75) is 56.1 Å². The Morgan fingerprint density at radius 1 is 1.43 bits per heavy atom. The molecule has 2 heterocycles. The second-order valence-electron chi connectivity index (χ2n) is 5.47. The van der Waals surface area contributed by atoms with Crippen LogP contribution in [0, 0.1) is 0 Å². The lowest BCUT2D eigenvalue weighted by Gasteiger charge is -2.40. The molecule has 21 heavy (non-hydrogen) atoms. The van der Waals surface area contributed by atoms with Crippen LogP contribution in [0.4, 0.5) is 5.82 Å². The molecule has 1 atom stereocenters. The molecule has 1 saturated heterocycles. The van der Waals surface area contributed by atoms with E-state index in [0.717, 1.165) is 12.8 Å². The molecular weight excluding hydrogens is 290 g/mol. The number of rotatable bonds is 5. The van der Waals surface area contributed by atoms with Crippen LogP contribution in [-0.2, 0) is 14.8 Å². The van der Waals surface area contributed by atoms with E-state index < -0.39 is 10.0 Å². The van der Waals surface area contributed by atoms with Crippen LogP contribution in [0.15, 0.2) is 23.2 Å². The van der Waals surface area contributed by atoms with Gasteiger partial charge in [-0.1, -0.05) is 13.8 Å². The molecule has 0 spiro atoms. The number of aromatic nitrogens is 1. The number of hydrogen-bond donors (Lipinski definition) is 2. The average Bonchev–Trinajstić information content (AvgIpc) is 2.47. The Bertz CT molecular complexity index is 568. The van der Waals surface area contributed by atoms with Crippen LogP contribution in [-0.4, -0.2) is 31.7 Å². The molecule has 0 bridgehead atoms. The molecule has 0 radical (unpaired) electrons. The molecular formula is C14H23N3O3S. The van der Waals surface area contributed by atoms with Crippen molar-refractivity contribution in [3.05, 3.63) is 18.3 Å². The van der Waals surface area contributed by atoms with E-state index in [4.69, 9.17) is 10.5 Å². The average molecular weight is 313 g/mol. The molecule has 1 aromatic rings. The highest BCUT2D eigenvalue weighted by molar-refractivity contribution is 7.89. The summed E-state index contributed by atoms with van der Waals surface area (Å²) in [4.78, 5) is 3.97. The van der Waals surface area contributed by atoms with Gasteiger partial charge in [-0.2, -0.15) is 0 Å². The number of nitrogen functional groups attached to an aromatic ring is 1. The van der Waals surface area contributed by atoms with Crippen molar-refractivity contribution in [2.24, 2.45) is 0 Å². The molecule has 2 rings (SSSR count). The molecule has 7 heteroatoms. The zero-order valence-electron chi connectivity index (χ0n) is 12.5. The van der Waals surface area contributed by atoms with Gasteiger partial charge in [-0.05, 0) is 37.8 Å². The highest BCUT2D eigenvalue weighted by Crippen LogP contribution is 2.32. The predicted molar refractivity (Wildman–Crippen MR) is 81.3 cm³/mol. The van der Waals surface area contributed by atoms with Gasteiger partial charge in [-0.25, -0.2) is 18.1 Å². The molecule has 1 unspecified atom stereocenters. The quantitative estimate of drug-likeness (QED) is 0.862. The lowest BCUT2D eigenvalue weighted by molar-refractivity contribution is -0.0905. The number of hydrogen-bond acceptors (Lipinski definition) is 5. The summed E-state index contributed by atoms with van der Waals surface area (Å²) in [6.07, 6.45) is 4.42. The van der Waals surface area contributed by atoms with Crippen molar-refractivity contribution in [3.63, 3.8) is 0 Å². The molecule has 0 aliphatic carbocycles. The van der Waals surface area contributed by atoms with E-state index in [2.05, 4.69) is 23.6 Å². The fourth-order valence-electron chi connectivity index (χ4n) is 2.71. The molecule has 1 fully saturated rings. The van der Waals surface area contributed by atoms with Crippen LogP contribution in [0.3, 0.4) is 0 Å². The number of anilines is 1. The lowest BCUT2D eigenvalue weighted by Crippen LogP contribution is -2.48. The number of sulfonamides is 1. The fourth-order valence-corrected chi connectivity index (χ4v) is 3.92. The highest BCUT2D eigenvalue weighted by Gasteiger charge is 2.36. The van der Waals surface area contributed by atoms with Gasteiger partial charge >= 0.3 is 0 Å². The minimum atomic E-state index is -3.57. The summed E-state index contributed by atoms with van der Waals surface area (Å²) >= 11 is 0. The maximum absolute atomic E-state index is 12.4.